The minimum atomic E-state index is 0.0237. The minimum Gasteiger partial charge on any atom is -0.490 e. The molecule has 2 N–H and O–H groups in total. The van der Waals surface area contributed by atoms with Crippen molar-refractivity contribution in [1.82, 2.24) is 0 Å². The summed E-state index contributed by atoms with van der Waals surface area (Å²) in [5.74, 6) is 0.932. The Balaban J connectivity index is 2.83. The lowest BCUT2D eigenvalue weighted by Crippen LogP contribution is -2.16. The molecule has 0 heterocycles. The lowest BCUT2D eigenvalue weighted by atomic mass is 10.1. The molecule has 0 radical (unpaired) electrons. The van der Waals surface area contributed by atoms with E-state index >= 15 is 0 Å². The van der Waals surface area contributed by atoms with Gasteiger partial charge in [-0.05, 0) is 25.8 Å². The zero-order valence-electron chi connectivity index (χ0n) is 9.86. The number of ether oxygens (including phenoxy) is 1. The van der Waals surface area contributed by atoms with Gasteiger partial charge in [-0.2, -0.15) is 0 Å². The number of hydrogen-bond acceptors (Lipinski definition) is 2. The van der Waals surface area contributed by atoms with Gasteiger partial charge in [0.15, 0.2) is 0 Å². The molecule has 0 spiro atoms. The second-order valence-electron chi connectivity index (χ2n) is 3.88. The molecule has 0 aliphatic carbocycles. The normalized spacial score (nSPS) is 12.9. The van der Waals surface area contributed by atoms with Crippen LogP contribution < -0.4 is 10.5 Å². The monoisotopic (exact) mass is 207 g/mol. The van der Waals surface area contributed by atoms with Crippen LogP contribution in [0.5, 0.6) is 5.75 Å². The molecule has 1 unspecified atom stereocenters. The summed E-state index contributed by atoms with van der Waals surface area (Å²) in [5, 5.41) is 0. The van der Waals surface area contributed by atoms with E-state index in [0.717, 1.165) is 24.2 Å². The molecular formula is C13H21NO. The van der Waals surface area contributed by atoms with Gasteiger partial charge in [-0.1, -0.05) is 32.0 Å². The van der Waals surface area contributed by atoms with Gasteiger partial charge in [0.2, 0.25) is 0 Å². The van der Waals surface area contributed by atoms with Gasteiger partial charge in [-0.3, -0.25) is 0 Å². The first-order chi connectivity index (χ1) is 7.19. The van der Waals surface area contributed by atoms with Gasteiger partial charge >= 0.3 is 0 Å². The van der Waals surface area contributed by atoms with E-state index in [4.69, 9.17) is 10.5 Å². The molecule has 0 aliphatic heterocycles. The number of hydrogen-bond donors (Lipinski definition) is 1. The smallest absolute Gasteiger partial charge is 0.124 e. The summed E-state index contributed by atoms with van der Waals surface area (Å²) in [6, 6.07) is 8.04. The van der Waals surface area contributed by atoms with Crippen LogP contribution in [0.15, 0.2) is 24.3 Å². The Bertz CT molecular complexity index is 292. The van der Waals surface area contributed by atoms with Gasteiger partial charge in [0.1, 0.15) is 5.75 Å². The number of rotatable bonds is 5. The second-order valence-corrected chi connectivity index (χ2v) is 3.88. The van der Waals surface area contributed by atoms with E-state index in [1.165, 1.54) is 0 Å². The predicted molar refractivity (Wildman–Crippen MR) is 64.0 cm³/mol. The summed E-state index contributed by atoms with van der Waals surface area (Å²) in [4.78, 5) is 0. The Kier molecular flexibility index (Phi) is 4.63. The number of para-hydroxylation sites is 1. The summed E-state index contributed by atoms with van der Waals surface area (Å²) in [6.45, 7) is 6.26. The van der Waals surface area contributed by atoms with Crippen molar-refractivity contribution in [2.24, 2.45) is 5.73 Å². The molecule has 0 saturated heterocycles. The second kappa shape index (κ2) is 5.76. The molecule has 15 heavy (non-hydrogen) atoms. The summed E-state index contributed by atoms with van der Waals surface area (Å²) in [7, 11) is 0. The third-order valence-electron chi connectivity index (χ3n) is 2.61. The molecule has 2 heteroatoms. The topological polar surface area (TPSA) is 35.2 Å². The molecule has 0 bridgehead atoms. The summed E-state index contributed by atoms with van der Waals surface area (Å²) < 4.78 is 5.93. The van der Waals surface area contributed by atoms with Crippen LogP contribution in [0.25, 0.3) is 0 Å². The minimum absolute atomic E-state index is 0.0237. The van der Waals surface area contributed by atoms with Crippen molar-refractivity contribution in [1.29, 1.82) is 0 Å². The maximum absolute atomic E-state index is 5.93. The van der Waals surface area contributed by atoms with Crippen molar-refractivity contribution < 1.29 is 4.74 Å². The van der Waals surface area contributed by atoms with Crippen molar-refractivity contribution in [3.63, 3.8) is 0 Å². The highest BCUT2D eigenvalue weighted by atomic mass is 16.5. The van der Waals surface area contributed by atoms with Gasteiger partial charge in [-0.15, -0.1) is 0 Å². The zero-order valence-corrected chi connectivity index (χ0v) is 9.86. The molecule has 1 aromatic carbocycles. The first-order valence-electron chi connectivity index (χ1n) is 5.70. The molecule has 0 fully saturated rings. The maximum atomic E-state index is 5.93. The molecule has 2 nitrogen and oxygen atoms in total. The van der Waals surface area contributed by atoms with Crippen molar-refractivity contribution in [2.75, 3.05) is 0 Å². The zero-order chi connectivity index (χ0) is 11.3. The van der Waals surface area contributed by atoms with Gasteiger partial charge in [0.25, 0.3) is 0 Å². The molecular weight excluding hydrogens is 186 g/mol. The first kappa shape index (κ1) is 12.1. The number of benzene rings is 1. The molecule has 84 valence electrons. The van der Waals surface area contributed by atoms with Crippen LogP contribution in [0.1, 0.15) is 45.2 Å². The van der Waals surface area contributed by atoms with Crippen LogP contribution in [-0.2, 0) is 0 Å². The van der Waals surface area contributed by atoms with Crippen LogP contribution >= 0.6 is 0 Å². The Morgan fingerprint density at radius 3 is 2.33 bits per heavy atom. The van der Waals surface area contributed by atoms with Gasteiger partial charge in [0, 0.05) is 11.6 Å². The van der Waals surface area contributed by atoms with Gasteiger partial charge in [0.05, 0.1) is 6.10 Å². The van der Waals surface area contributed by atoms with Crippen LogP contribution in [0.4, 0.5) is 0 Å². The van der Waals surface area contributed by atoms with Gasteiger partial charge < -0.3 is 10.5 Å². The fraction of sp³-hybridized carbons (Fsp3) is 0.538. The standard InChI is InChI=1S/C13H21NO/c1-4-11(5-2)15-13-9-7-6-8-12(13)10(3)14/h6-11H,4-5,14H2,1-3H3. The molecule has 0 aliphatic rings. The SMILES string of the molecule is CCC(CC)Oc1ccccc1C(C)N. The lowest BCUT2D eigenvalue weighted by Gasteiger charge is -2.19. The Labute approximate surface area is 92.4 Å². The lowest BCUT2D eigenvalue weighted by molar-refractivity contribution is 0.190. The highest BCUT2D eigenvalue weighted by Crippen LogP contribution is 2.25. The Hall–Kier alpha value is -1.02. The van der Waals surface area contributed by atoms with Crippen LogP contribution in [0.3, 0.4) is 0 Å². The molecule has 0 saturated carbocycles. The van der Waals surface area contributed by atoms with Crippen LogP contribution in [0.2, 0.25) is 0 Å². The van der Waals surface area contributed by atoms with Crippen molar-refractivity contribution >= 4 is 0 Å². The third-order valence-corrected chi connectivity index (χ3v) is 2.61. The summed E-state index contributed by atoms with van der Waals surface area (Å²) in [5.41, 5.74) is 6.98. The Morgan fingerprint density at radius 1 is 1.20 bits per heavy atom. The van der Waals surface area contributed by atoms with E-state index in [0.29, 0.717) is 6.10 Å². The highest BCUT2D eigenvalue weighted by Gasteiger charge is 2.10. The largest absolute Gasteiger partial charge is 0.490 e. The van der Waals surface area contributed by atoms with E-state index in [1.54, 1.807) is 0 Å². The molecule has 0 amide bonds. The predicted octanol–water partition coefficient (Wildman–Crippen LogP) is 3.27. The van der Waals surface area contributed by atoms with E-state index < -0.39 is 0 Å². The summed E-state index contributed by atoms with van der Waals surface area (Å²) >= 11 is 0. The van der Waals surface area contributed by atoms with E-state index in [1.807, 2.05) is 31.2 Å². The fourth-order valence-corrected chi connectivity index (χ4v) is 1.60. The van der Waals surface area contributed by atoms with E-state index in [-0.39, 0.29) is 6.04 Å². The van der Waals surface area contributed by atoms with E-state index in [2.05, 4.69) is 13.8 Å². The molecule has 1 aromatic rings. The average molecular weight is 207 g/mol. The quantitative estimate of drug-likeness (QED) is 0.804. The van der Waals surface area contributed by atoms with Crippen LogP contribution in [0, 0.1) is 0 Å². The fourth-order valence-electron chi connectivity index (χ4n) is 1.60. The summed E-state index contributed by atoms with van der Waals surface area (Å²) in [6.07, 6.45) is 2.36. The number of nitrogens with two attached hydrogens (primary N) is 1. The highest BCUT2D eigenvalue weighted by molar-refractivity contribution is 5.35. The van der Waals surface area contributed by atoms with Crippen molar-refractivity contribution in [2.45, 2.75) is 45.8 Å². The van der Waals surface area contributed by atoms with Crippen molar-refractivity contribution in [3.05, 3.63) is 29.8 Å². The first-order valence-corrected chi connectivity index (χ1v) is 5.70. The molecule has 0 aromatic heterocycles. The molecule has 1 rings (SSSR count). The van der Waals surface area contributed by atoms with E-state index in [9.17, 15) is 0 Å². The molecule has 1 atom stereocenters. The Morgan fingerprint density at radius 2 is 1.80 bits per heavy atom. The maximum Gasteiger partial charge on any atom is 0.124 e. The van der Waals surface area contributed by atoms with Gasteiger partial charge in [-0.25, -0.2) is 0 Å². The van der Waals surface area contributed by atoms with Crippen LogP contribution in [-0.4, -0.2) is 6.10 Å². The third kappa shape index (κ3) is 3.24. The average Bonchev–Trinajstić information content (AvgIpc) is 2.26. The van der Waals surface area contributed by atoms with Crippen molar-refractivity contribution in [3.8, 4) is 5.75 Å².